The molecule has 1 rings (SSSR count). The van der Waals surface area contributed by atoms with Crippen LogP contribution in [0.4, 0.5) is 0 Å². The number of carbonyl (C=O) groups is 2. The van der Waals surface area contributed by atoms with Crippen LogP contribution in [-0.4, -0.2) is 29.0 Å². The minimum absolute atomic E-state index is 0.0457. The second-order valence-electron chi connectivity index (χ2n) is 5.51. The van der Waals surface area contributed by atoms with Crippen molar-refractivity contribution in [1.82, 2.24) is 4.90 Å². The van der Waals surface area contributed by atoms with Gasteiger partial charge in [-0.1, -0.05) is 44.2 Å². The first kappa shape index (κ1) is 17.4. The van der Waals surface area contributed by atoms with Gasteiger partial charge in [0.15, 0.2) is 0 Å². The SMILES string of the molecule is CC(Cl)/C=C/C(=O)N(Cc1ccc(C=O)cc1)CC(C)C. The Morgan fingerprint density at radius 2 is 1.86 bits per heavy atom. The van der Waals surface area contributed by atoms with Crippen LogP contribution in [0, 0.1) is 5.92 Å². The standard InChI is InChI=1S/C17H22ClNO2/c1-13(2)10-19(17(21)9-4-14(3)18)11-15-5-7-16(12-20)8-6-15/h4-9,12-14H,10-11H2,1-3H3/b9-4+. The summed E-state index contributed by atoms with van der Waals surface area (Å²) in [6.07, 6.45) is 4.03. The number of amides is 1. The van der Waals surface area contributed by atoms with E-state index in [0.717, 1.165) is 11.8 Å². The molecule has 0 heterocycles. The Kier molecular flexibility index (Phi) is 7.17. The molecule has 0 saturated heterocycles. The molecule has 1 atom stereocenters. The summed E-state index contributed by atoms with van der Waals surface area (Å²) in [4.78, 5) is 24.7. The van der Waals surface area contributed by atoms with E-state index in [4.69, 9.17) is 11.6 Å². The molecule has 0 N–H and O–H groups in total. The number of carbonyl (C=O) groups excluding carboxylic acids is 2. The Labute approximate surface area is 131 Å². The van der Waals surface area contributed by atoms with E-state index >= 15 is 0 Å². The fraction of sp³-hybridized carbons (Fsp3) is 0.412. The largest absolute Gasteiger partial charge is 0.335 e. The average molecular weight is 308 g/mol. The second-order valence-corrected chi connectivity index (χ2v) is 6.20. The molecule has 1 aromatic rings. The summed E-state index contributed by atoms with van der Waals surface area (Å²) >= 11 is 5.84. The number of halogens is 1. The summed E-state index contributed by atoms with van der Waals surface area (Å²) in [5.41, 5.74) is 1.64. The molecule has 0 aliphatic carbocycles. The second kappa shape index (κ2) is 8.63. The number of rotatable bonds is 7. The zero-order valence-corrected chi connectivity index (χ0v) is 13.5. The summed E-state index contributed by atoms with van der Waals surface area (Å²) in [7, 11) is 0. The predicted molar refractivity (Wildman–Crippen MR) is 86.5 cm³/mol. The van der Waals surface area contributed by atoms with E-state index in [0.29, 0.717) is 24.6 Å². The fourth-order valence-electron chi connectivity index (χ4n) is 1.92. The highest BCUT2D eigenvalue weighted by molar-refractivity contribution is 6.21. The number of benzene rings is 1. The van der Waals surface area contributed by atoms with Gasteiger partial charge in [0.05, 0.1) is 0 Å². The molecule has 114 valence electrons. The molecule has 21 heavy (non-hydrogen) atoms. The number of allylic oxidation sites excluding steroid dienone is 1. The van der Waals surface area contributed by atoms with Crippen LogP contribution in [0.1, 0.15) is 36.7 Å². The van der Waals surface area contributed by atoms with E-state index in [1.165, 1.54) is 6.08 Å². The molecule has 1 amide bonds. The summed E-state index contributed by atoms with van der Waals surface area (Å²) in [5, 5.41) is -0.165. The minimum atomic E-state index is -0.165. The average Bonchev–Trinajstić information content (AvgIpc) is 2.44. The lowest BCUT2D eigenvalue weighted by Gasteiger charge is -2.23. The molecule has 0 aliphatic heterocycles. The van der Waals surface area contributed by atoms with Crippen LogP contribution in [-0.2, 0) is 11.3 Å². The maximum absolute atomic E-state index is 12.2. The van der Waals surface area contributed by atoms with Gasteiger partial charge in [0.25, 0.3) is 0 Å². The summed E-state index contributed by atoms with van der Waals surface area (Å²) < 4.78 is 0. The van der Waals surface area contributed by atoms with Crippen molar-refractivity contribution >= 4 is 23.8 Å². The molecule has 0 fully saturated rings. The molecule has 0 spiro atoms. The van der Waals surface area contributed by atoms with Crippen molar-refractivity contribution in [2.24, 2.45) is 5.92 Å². The van der Waals surface area contributed by atoms with Gasteiger partial charge in [-0.05, 0) is 18.4 Å². The van der Waals surface area contributed by atoms with E-state index in [2.05, 4.69) is 13.8 Å². The summed E-state index contributed by atoms with van der Waals surface area (Å²) in [6, 6.07) is 7.27. The molecular formula is C17H22ClNO2. The normalized spacial score (nSPS) is 12.6. The van der Waals surface area contributed by atoms with E-state index < -0.39 is 0 Å². The lowest BCUT2D eigenvalue weighted by molar-refractivity contribution is -0.127. The lowest BCUT2D eigenvalue weighted by Crippen LogP contribution is -2.32. The number of aldehydes is 1. The Morgan fingerprint density at radius 3 is 2.33 bits per heavy atom. The summed E-state index contributed by atoms with van der Waals surface area (Å²) in [6.45, 7) is 7.16. The van der Waals surface area contributed by atoms with Crippen molar-refractivity contribution < 1.29 is 9.59 Å². The van der Waals surface area contributed by atoms with Gasteiger partial charge < -0.3 is 4.90 Å². The van der Waals surface area contributed by atoms with Gasteiger partial charge in [-0.25, -0.2) is 0 Å². The van der Waals surface area contributed by atoms with Gasteiger partial charge in [-0.15, -0.1) is 11.6 Å². The molecule has 0 saturated carbocycles. The van der Waals surface area contributed by atoms with E-state index in [9.17, 15) is 9.59 Å². The molecule has 0 radical (unpaired) electrons. The fourth-order valence-corrected chi connectivity index (χ4v) is 1.99. The monoisotopic (exact) mass is 307 g/mol. The van der Waals surface area contributed by atoms with Crippen LogP contribution >= 0.6 is 11.6 Å². The number of nitrogens with zero attached hydrogens (tertiary/aromatic N) is 1. The van der Waals surface area contributed by atoms with Crippen molar-refractivity contribution in [3.05, 3.63) is 47.5 Å². The molecular weight excluding hydrogens is 286 g/mol. The van der Waals surface area contributed by atoms with Crippen molar-refractivity contribution in [2.75, 3.05) is 6.54 Å². The molecule has 3 nitrogen and oxygen atoms in total. The van der Waals surface area contributed by atoms with Gasteiger partial charge in [-0.3, -0.25) is 9.59 Å². The number of alkyl halides is 1. The van der Waals surface area contributed by atoms with Crippen LogP contribution in [0.25, 0.3) is 0 Å². The maximum atomic E-state index is 12.2. The zero-order chi connectivity index (χ0) is 15.8. The van der Waals surface area contributed by atoms with E-state index in [-0.39, 0.29) is 11.3 Å². The van der Waals surface area contributed by atoms with E-state index in [1.54, 1.807) is 23.1 Å². The first-order valence-electron chi connectivity index (χ1n) is 7.07. The third-order valence-corrected chi connectivity index (χ3v) is 3.04. The smallest absolute Gasteiger partial charge is 0.246 e. The third-order valence-electron chi connectivity index (χ3n) is 2.89. The van der Waals surface area contributed by atoms with Gasteiger partial charge in [0.2, 0.25) is 5.91 Å². The molecule has 1 aromatic carbocycles. The van der Waals surface area contributed by atoms with Gasteiger partial charge in [0.1, 0.15) is 6.29 Å². The van der Waals surface area contributed by atoms with Gasteiger partial charge >= 0.3 is 0 Å². The molecule has 4 heteroatoms. The third kappa shape index (κ3) is 6.58. The highest BCUT2D eigenvalue weighted by Crippen LogP contribution is 2.10. The predicted octanol–water partition coefficient (Wildman–Crippen LogP) is 3.67. The van der Waals surface area contributed by atoms with Crippen LogP contribution in [0.5, 0.6) is 0 Å². The Bertz CT molecular complexity index is 492. The first-order valence-corrected chi connectivity index (χ1v) is 7.51. The minimum Gasteiger partial charge on any atom is -0.335 e. The molecule has 0 bridgehead atoms. The van der Waals surface area contributed by atoms with Crippen molar-refractivity contribution in [3.63, 3.8) is 0 Å². The number of hydrogen-bond acceptors (Lipinski definition) is 2. The topological polar surface area (TPSA) is 37.4 Å². The highest BCUT2D eigenvalue weighted by atomic mass is 35.5. The lowest BCUT2D eigenvalue weighted by atomic mass is 10.1. The van der Waals surface area contributed by atoms with Crippen molar-refractivity contribution in [1.29, 1.82) is 0 Å². The van der Waals surface area contributed by atoms with Crippen LogP contribution in [0.3, 0.4) is 0 Å². The Hall–Kier alpha value is -1.61. The number of hydrogen-bond donors (Lipinski definition) is 0. The Balaban J connectivity index is 2.81. The van der Waals surface area contributed by atoms with Gasteiger partial charge in [0, 0.05) is 30.1 Å². The quantitative estimate of drug-likeness (QED) is 0.438. The van der Waals surface area contributed by atoms with Crippen molar-refractivity contribution in [3.8, 4) is 0 Å². The van der Waals surface area contributed by atoms with Crippen LogP contribution in [0.15, 0.2) is 36.4 Å². The molecule has 0 aliphatic rings. The van der Waals surface area contributed by atoms with Crippen LogP contribution < -0.4 is 0 Å². The highest BCUT2D eigenvalue weighted by Gasteiger charge is 2.13. The molecule has 1 unspecified atom stereocenters. The maximum Gasteiger partial charge on any atom is 0.246 e. The zero-order valence-electron chi connectivity index (χ0n) is 12.8. The first-order chi connectivity index (χ1) is 9.92. The van der Waals surface area contributed by atoms with Gasteiger partial charge in [-0.2, -0.15) is 0 Å². The Morgan fingerprint density at radius 1 is 1.24 bits per heavy atom. The van der Waals surface area contributed by atoms with Crippen molar-refractivity contribution in [2.45, 2.75) is 32.7 Å². The van der Waals surface area contributed by atoms with E-state index in [1.807, 2.05) is 19.1 Å². The molecule has 0 aromatic heterocycles. The summed E-state index contributed by atoms with van der Waals surface area (Å²) in [5.74, 6) is 0.334. The van der Waals surface area contributed by atoms with Crippen LogP contribution in [0.2, 0.25) is 0 Å².